The summed E-state index contributed by atoms with van der Waals surface area (Å²) in [5, 5.41) is 0. The third-order valence-electron chi connectivity index (χ3n) is 5.21. The van der Waals surface area contributed by atoms with Gasteiger partial charge in [0, 0.05) is 30.4 Å². The largest absolute Gasteiger partial charge is 0.379 e. The van der Waals surface area contributed by atoms with Crippen molar-refractivity contribution >= 4 is 9.84 Å². The molecular weight excluding hydrogens is 288 g/mol. The van der Waals surface area contributed by atoms with E-state index >= 15 is 0 Å². The van der Waals surface area contributed by atoms with Gasteiger partial charge in [-0.05, 0) is 25.7 Å². The quantitative estimate of drug-likeness (QED) is 0.763. The van der Waals surface area contributed by atoms with E-state index in [-0.39, 0.29) is 23.1 Å². The van der Waals surface area contributed by atoms with Gasteiger partial charge in [0.2, 0.25) is 0 Å². The standard InChI is InChI=1S/C15H30N2O3S/c1-2-21(18,19)13-5-6-14(16)15(7-3-4-8-15)17-9-11-20-12-10-17/h14H,2-13,16H2,1H3. The summed E-state index contributed by atoms with van der Waals surface area (Å²) in [6, 6.07) is 0.0742. The van der Waals surface area contributed by atoms with Crippen LogP contribution >= 0.6 is 0 Å². The Morgan fingerprint density at radius 2 is 1.86 bits per heavy atom. The highest BCUT2D eigenvalue weighted by Crippen LogP contribution is 2.39. The Balaban J connectivity index is 1.94. The van der Waals surface area contributed by atoms with E-state index in [9.17, 15) is 8.42 Å². The predicted molar refractivity (Wildman–Crippen MR) is 85.1 cm³/mol. The monoisotopic (exact) mass is 318 g/mol. The maximum absolute atomic E-state index is 11.6. The van der Waals surface area contributed by atoms with Crippen LogP contribution in [-0.2, 0) is 14.6 Å². The molecule has 0 aromatic carbocycles. The average Bonchev–Trinajstić information content (AvgIpc) is 2.99. The minimum absolute atomic E-state index is 0.0742. The number of hydrogen-bond acceptors (Lipinski definition) is 5. The van der Waals surface area contributed by atoms with Crippen LogP contribution in [0.4, 0.5) is 0 Å². The molecule has 2 aliphatic rings. The van der Waals surface area contributed by atoms with Gasteiger partial charge in [-0.15, -0.1) is 0 Å². The van der Waals surface area contributed by atoms with E-state index in [1.54, 1.807) is 6.92 Å². The molecule has 1 aliphatic heterocycles. The summed E-state index contributed by atoms with van der Waals surface area (Å²) >= 11 is 0. The maximum atomic E-state index is 11.6. The van der Waals surface area contributed by atoms with Crippen LogP contribution in [0.15, 0.2) is 0 Å². The number of ether oxygens (including phenoxy) is 1. The molecule has 0 aromatic rings. The van der Waals surface area contributed by atoms with Crippen molar-refractivity contribution in [1.29, 1.82) is 0 Å². The van der Waals surface area contributed by atoms with Crippen molar-refractivity contribution in [3.05, 3.63) is 0 Å². The second-order valence-corrected chi connectivity index (χ2v) is 8.87. The molecule has 2 N–H and O–H groups in total. The van der Waals surface area contributed by atoms with E-state index in [0.717, 1.165) is 45.6 Å². The minimum atomic E-state index is -2.87. The van der Waals surface area contributed by atoms with Gasteiger partial charge in [0.25, 0.3) is 0 Å². The van der Waals surface area contributed by atoms with E-state index in [2.05, 4.69) is 4.90 Å². The van der Waals surface area contributed by atoms with E-state index in [0.29, 0.717) is 6.42 Å². The second kappa shape index (κ2) is 7.40. The van der Waals surface area contributed by atoms with Gasteiger partial charge in [0.1, 0.15) is 9.84 Å². The van der Waals surface area contributed by atoms with Crippen molar-refractivity contribution in [1.82, 2.24) is 4.90 Å². The molecule has 0 spiro atoms. The Morgan fingerprint density at radius 3 is 2.43 bits per heavy atom. The van der Waals surface area contributed by atoms with E-state index < -0.39 is 9.84 Å². The van der Waals surface area contributed by atoms with Crippen LogP contribution in [0.5, 0.6) is 0 Å². The molecule has 21 heavy (non-hydrogen) atoms. The second-order valence-electron chi connectivity index (χ2n) is 6.40. The van der Waals surface area contributed by atoms with Crippen molar-refractivity contribution in [3.8, 4) is 0 Å². The molecule has 1 heterocycles. The van der Waals surface area contributed by atoms with Crippen LogP contribution in [0.2, 0.25) is 0 Å². The molecule has 5 nitrogen and oxygen atoms in total. The van der Waals surface area contributed by atoms with Crippen LogP contribution in [0.3, 0.4) is 0 Å². The topological polar surface area (TPSA) is 72.6 Å². The Bertz CT molecular complexity index is 413. The predicted octanol–water partition coefficient (Wildman–Crippen LogP) is 1.17. The molecule has 1 unspecified atom stereocenters. The van der Waals surface area contributed by atoms with Crippen LogP contribution < -0.4 is 5.73 Å². The van der Waals surface area contributed by atoms with Gasteiger partial charge < -0.3 is 10.5 Å². The number of hydrogen-bond donors (Lipinski definition) is 1. The van der Waals surface area contributed by atoms with Gasteiger partial charge >= 0.3 is 0 Å². The molecule has 0 radical (unpaired) electrons. The molecule has 6 heteroatoms. The van der Waals surface area contributed by atoms with Gasteiger partial charge in [-0.25, -0.2) is 8.42 Å². The normalized spacial score (nSPS) is 25.0. The summed E-state index contributed by atoms with van der Waals surface area (Å²) in [5.74, 6) is 0.507. The molecule has 1 saturated carbocycles. The third-order valence-corrected chi connectivity index (χ3v) is 7.00. The third kappa shape index (κ3) is 4.18. The molecule has 0 aromatic heterocycles. The Labute approximate surface area is 129 Å². The lowest BCUT2D eigenvalue weighted by molar-refractivity contribution is -0.0316. The lowest BCUT2D eigenvalue weighted by Crippen LogP contribution is -2.61. The van der Waals surface area contributed by atoms with Gasteiger partial charge in [-0.1, -0.05) is 19.8 Å². The fourth-order valence-corrected chi connectivity index (χ4v) is 4.75. The van der Waals surface area contributed by atoms with E-state index in [1.165, 1.54) is 12.8 Å². The van der Waals surface area contributed by atoms with Crippen molar-refractivity contribution < 1.29 is 13.2 Å². The Morgan fingerprint density at radius 1 is 1.24 bits per heavy atom. The van der Waals surface area contributed by atoms with E-state index in [4.69, 9.17) is 10.5 Å². The van der Waals surface area contributed by atoms with Crippen molar-refractivity contribution in [2.24, 2.45) is 5.73 Å². The molecular formula is C15H30N2O3S. The maximum Gasteiger partial charge on any atom is 0.150 e. The zero-order valence-electron chi connectivity index (χ0n) is 13.2. The fourth-order valence-electron chi connectivity index (χ4n) is 3.85. The molecule has 1 aliphatic carbocycles. The highest BCUT2D eigenvalue weighted by Gasteiger charge is 2.44. The number of nitrogens with two attached hydrogens (primary N) is 1. The van der Waals surface area contributed by atoms with Gasteiger partial charge in [-0.3, -0.25) is 4.90 Å². The smallest absolute Gasteiger partial charge is 0.150 e. The van der Waals surface area contributed by atoms with Crippen LogP contribution in [0.1, 0.15) is 45.4 Å². The Hall–Kier alpha value is -0.170. The zero-order chi connectivity index (χ0) is 15.3. The van der Waals surface area contributed by atoms with Crippen molar-refractivity contribution in [2.75, 3.05) is 37.8 Å². The van der Waals surface area contributed by atoms with Crippen molar-refractivity contribution in [3.63, 3.8) is 0 Å². The number of sulfone groups is 1. The summed E-state index contributed by atoms with van der Waals surface area (Å²) in [5.41, 5.74) is 6.62. The van der Waals surface area contributed by atoms with Crippen LogP contribution in [0, 0.1) is 0 Å². The number of rotatable bonds is 7. The van der Waals surface area contributed by atoms with E-state index in [1.807, 2.05) is 0 Å². The molecule has 1 saturated heterocycles. The van der Waals surface area contributed by atoms with Crippen LogP contribution in [0.25, 0.3) is 0 Å². The zero-order valence-corrected chi connectivity index (χ0v) is 14.0. The van der Waals surface area contributed by atoms with Crippen LogP contribution in [-0.4, -0.2) is 62.7 Å². The summed E-state index contributed by atoms with van der Waals surface area (Å²) in [4.78, 5) is 2.52. The van der Waals surface area contributed by atoms with Gasteiger partial charge in [0.05, 0.1) is 19.0 Å². The number of nitrogens with zero attached hydrogens (tertiary/aromatic N) is 1. The molecule has 124 valence electrons. The first kappa shape index (κ1) is 17.2. The molecule has 2 fully saturated rings. The molecule has 0 amide bonds. The van der Waals surface area contributed by atoms with Crippen molar-refractivity contribution in [2.45, 2.75) is 57.0 Å². The summed E-state index contributed by atoms with van der Waals surface area (Å²) in [7, 11) is -2.87. The fraction of sp³-hybridized carbons (Fsp3) is 1.00. The first-order chi connectivity index (χ1) is 10.0. The molecule has 2 rings (SSSR count). The molecule has 0 bridgehead atoms. The van der Waals surface area contributed by atoms with Gasteiger partial charge in [0.15, 0.2) is 0 Å². The highest BCUT2D eigenvalue weighted by molar-refractivity contribution is 7.91. The number of morpholine rings is 1. The lowest BCUT2D eigenvalue weighted by atomic mass is 9.84. The molecule has 1 atom stereocenters. The minimum Gasteiger partial charge on any atom is -0.379 e. The summed E-state index contributed by atoms with van der Waals surface area (Å²) in [6.45, 7) is 5.21. The summed E-state index contributed by atoms with van der Waals surface area (Å²) in [6.07, 6.45) is 6.25. The summed E-state index contributed by atoms with van der Waals surface area (Å²) < 4.78 is 28.7. The average molecular weight is 318 g/mol. The first-order valence-electron chi connectivity index (χ1n) is 8.29. The first-order valence-corrected chi connectivity index (χ1v) is 10.1. The van der Waals surface area contributed by atoms with Gasteiger partial charge in [-0.2, -0.15) is 0 Å². The SMILES string of the molecule is CCS(=O)(=O)CCCC(N)C1(N2CCOCC2)CCCC1. The lowest BCUT2D eigenvalue weighted by Gasteiger charge is -2.47. The highest BCUT2D eigenvalue weighted by atomic mass is 32.2. The Kier molecular flexibility index (Phi) is 6.05.